The number of alkyl carbamates (subject to hydrolysis) is 1. The Labute approximate surface area is 169 Å². The van der Waals surface area contributed by atoms with Crippen molar-refractivity contribution in [2.45, 2.75) is 58.8 Å². The molecule has 7 nitrogen and oxygen atoms in total. The summed E-state index contributed by atoms with van der Waals surface area (Å²) in [5.41, 5.74) is -1.41. The van der Waals surface area contributed by atoms with Crippen LogP contribution in [0.5, 0.6) is 0 Å². The maximum atomic E-state index is 12.4. The third-order valence-corrected chi connectivity index (χ3v) is 4.70. The van der Waals surface area contributed by atoms with Crippen LogP contribution in [0.25, 0.3) is 10.1 Å². The third-order valence-electron chi connectivity index (χ3n) is 3.49. The number of amides is 2. The first kappa shape index (κ1) is 22.0. The van der Waals surface area contributed by atoms with E-state index in [1.807, 2.05) is 30.3 Å². The SMILES string of the molecule is CC(C)(C)OC(=O)NCC(c1cc2ccccc2s1)N(O)C(=O)OC(C)(C)C. The Kier molecular flexibility index (Phi) is 6.56. The van der Waals surface area contributed by atoms with Gasteiger partial charge in [0, 0.05) is 16.1 Å². The number of fused-ring (bicyclic) bond motifs is 1. The molecule has 0 aliphatic heterocycles. The molecular weight excluding hydrogens is 380 g/mol. The number of ether oxygens (including phenoxy) is 2. The predicted octanol–water partition coefficient (Wildman–Crippen LogP) is 5.09. The second-order valence-electron chi connectivity index (χ2n) is 8.41. The Hall–Kier alpha value is -2.32. The predicted molar refractivity (Wildman–Crippen MR) is 109 cm³/mol. The highest BCUT2D eigenvalue weighted by Gasteiger charge is 2.30. The molecule has 1 aromatic carbocycles. The molecule has 0 aliphatic carbocycles. The normalized spacial score (nSPS) is 13.1. The van der Waals surface area contributed by atoms with Crippen LogP contribution in [-0.2, 0) is 9.47 Å². The molecule has 2 amide bonds. The van der Waals surface area contributed by atoms with Crippen molar-refractivity contribution in [3.05, 3.63) is 35.2 Å². The average molecular weight is 409 g/mol. The van der Waals surface area contributed by atoms with Gasteiger partial charge in [-0.1, -0.05) is 18.2 Å². The molecule has 2 aromatic rings. The molecule has 1 heterocycles. The van der Waals surface area contributed by atoms with E-state index in [4.69, 9.17) is 9.47 Å². The van der Waals surface area contributed by atoms with Crippen LogP contribution in [0, 0.1) is 0 Å². The quantitative estimate of drug-likeness (QED) is 0.543. The van der Waals surface area contributed by atoms with Gasteiger partial charge in [0.25, 0.3) is 0 Å². The number of nitrogens with one attached hydrogen (secondary N) is 1. The lowest BCUT2D eigenvalue weighted by Gasteiger charge is -2.29. The van der Waals surface area contributed by atoms with Crippen LogP contribution in [0.2, 0.25) is 0 Å². The molecule has 0 spiro atoms. The molecule has 0 radical (unpaired) electrons. The van der Waals surface area contributed by atoms with Crippen LogP contribution >= 0.6 is 11.3 Å². The lowest BCUT2D eigenvalue weighted by molar-refractivity contribution is -0.120. The molecular formula is C20H28N2O5S. The average Bonchev–Trinajstić information content (AvgIpc) is 2.95. The van der Waals surface area contributed by atoms with Crippen LogP contribution in [0.3, 0.4) is 0 Å². The van der Waals surface area contributed by atoms with Gasteiger partial charge in [0.2, 0.25) is 0 Å². The standard InChI is InChI=1S/C20H28N2O5S/c1-19(2,3)26-17(23)21-12-14(22(25)18(24)27-20(4,5)6)16-11-13-9-7-8-10-15(13)28-16/h7-11,14,25H,12H2,1-6H3,(H,21,23). The van der Waals surface area contributed by atoms with E-state index in [2.05, 4.69) is 5.32 Å². The van der Waals surface area contributed by atoms with Gasteiger partial charge in [0.15, 0.2) is 0 Å². The fraction of sp³-hybridized carbons (Fsp3) is 0.500. The van der Waals surface area contributed by atoms with Gasteiger partial charge in [0.05, 0.1) is 0 Å². The monoisotopic (exact) mass is 408 g/mol. The Morgan fingerprint density at radius 3 is 2.29 bits per heavy atom. The van der Waals surface area contributed by atoms with Crippen molar-refractivity contribution in [1.82, 2.24) is 10.4 Å². The molecule has 0 aliphatic rings. The summed E-state index contributed by atoms with van der Waals surface area (Å²) in [5.74, 6) is 0. The van der Waals surface area contributed by atoms with Gasteiger partial charge < -0.3 is 14.8 Å². The van der Waals surface area contributed by atoms with Gasteiger partial charge in [-0.25, -0.2) is 9.59 Å². The fourth-order valence-electron chi connectivity index (χ4n) is 2.40. The number of carbonyl (C=O) groups is 2. The van der Waals surface area contributed by atoms with Crippen molar-refractivity contribution < 1.29 is 24.3 Å². The van der Waals surface area contributed by atoms with Gasteiger partial charge in [-0.05, 0) is 59.1 Å². The molecule has 8 heteroatoms. The van der Waals surface area contributed by atoms with E-state index in [1.165, 1.54) is 11.3 Å². The Bertz CT molecular complexity index is 802. The summed E-state index contributed by atoms with van der Waals surface area (Å²) >= 11 is 1.43. The summed E-state index contributed by atoms with van der Waals surface area (Å²) < 4.78 is 11.5. The van der Waals surface area contributed by atoms with Crippen molar-refractivity contribution in [3.8, 4) is 0 Å². The van der Waals surface area contributed by atoms with Gasteiger partial charge in [-0.15, -0.1) is 11.3 Å². The summed E-state index contributed by atoms with van der Waals surface area (Å²) in [7, 11) is 0. The second-order valence-corrected chi connectivity index (χ2v) is 9.53. The number of hydrogen-bond acceptors (Lipinski definition) is 6. The van der Waals surface area contributed by atoms with Crippen molar-refractivity contribution in [3.63, 3.8) is 0 Å². The molecule has 0 saturated carbocycles. The Balaban J connectivity index is 2.24. The maximum Gasteiger partial charge on any atom is 0.434 e. The topological polar surface area (TPSA) is 88.1 Å². The van der Waals surface area contributed by atoms with E-state index in [9.17, 15) is 14.8 Å². The number of thiophene rings is 1. The minimum absolute atomic E-state index is 0.0303. The highest BCUT2D eigenvalue weighted by atomic mass is 32.1. The molecule has 28 heavy (non-hydrogen) atoms. The first-order valence-electron chi connectivity index (χ1n) is 9.02. The fourth-order valence-corrected chi connectivity index (χ4v) is 3.55. The summed E-state index contributed by atoms with van der Waals surface area (Å²) in [6, 6.07) is 8.80. The number of hydrogen-bond donors (Lipinski definition) is 2. The molecule has 1 aromatic heterocycles. The van der Waals surface area contributed by atoms with Crippen LogP contribution in [0.1, 0.15) is 52.5 Å². The molecule has 1 unspecified atom stereocenters. The summed E-state index contributed by atoms with van der Waals surface area (Å²) in [6.07, 6.45) is -1.52. The molecule has 0 saturated heterocycles. The smallest absolute Gasteiger partial charge is 0.434 e. The number of benzene rings is 1. The van der Waals surface area contributed by atoms with Crippen LogP contribution < -0.4 is 5.32 Å². The summed E-state index contributed by atoms with van der Waals surface area (Å²) in [6.45, 7) is 10.4. The highest BCUT2D eigenvalue weighted by Crippen LogP contribution is 2.32. The largest absolute Gasteiger partial charge is 0.444 e. The lowest BCUT2D eigenvalue weighted by atomic mass is 10.2. The third kappa shape index (κ3) is 6.38. The van der Waals surface area contributed by atoms with Gasteiger partial charge in [-0.2, -0.15) is 5.06 Å². The molecule has 154 valence electrons. The second kappa shape index (κ2) is 8.36. The van der Waals surface area contributed by atoms with Crippen LogP contribution in [0.15, 0.2) is 30.3 Å². The lowest BCUT2D eigenvalue weighted by Crippen LogP contribution is -2.42. The van der Waals surface area contributed by atoms with E-state index < -0.39 is 29.4 Å². The van der Waals surface area contributed by atoms with Gasteiger partial charge in [-0.3, -0.25) is 5.21 Å². The van der Waals surface area contributed by atoms with E-state index in [0.717, 1.165) is 10.1 Å². The Morgan fingerprint density at radius 1 is 1.11 bits per heavy atom. The minimum atomic E-state index is -0.888. The van der Waals surface area contributed by atoms with E-state index in [-0.39, 0.29) is 6.54 Å². The maximum absolute atomic E-state index is 12.4. The van der Waals surface area contributed by atoms with Crippen molar-refractivity contribution in [2.24, 2.45) is 0 Å². The number of carbonyl (C=O) groups excluding carboxylic acids is 2. The zero-order valence-electron chi connectivity index (χ0n) is 17.1. The van der Waals surface area contributed by atoms with E-state index >= 15 is 0 Å². The van der Waals surface area contributed by atoms with Crippen molar-refractivity contribution >= 4 is 33.6 Å². The minimum Gasteiger partial charge on any atom is -0.444 e. The van der Waals surface area contributed by atoms with Crippen LogP contribution in [-0.4, -0.2) is 40.2 Å². The van der Waals surface area contributed by atoms with Crippen molar-refractivity contribution in [2.75, 3.05) is 6.54 Å². The van der Waals surface area contributed by atoms with E-state index in [0.29, 0.717) is 9.94 Å². The summed E-state index contributed by atoms with van der Waals surface area (Å²) in [4.78, 5) is 25.1. The zero-order chi connectivity index (χ0) is 21.1. The highest BCUT2D eigenvalue weighted by molar-refractivity contribution is 7.19. The van der Waals surface area contributed by atoms with E-state index in [1.54, 1.807) is 41.5 Å². The molecule has 2 rings (SSSR count). The molecule has 0 bridgehead atoms. The molecule has 1 atom stereocenters. The number of nitrogens with zero attached hydrogens (tertiary/aromatic N) is 1. The molecule has 2 N–H and O–H groups in total. The van der Waals surface area contributed by atoms with Crippen molar-refractivity contribution in [1.29, 1.82) is 0 Å². The summed E-state index contributed by atoms with van der Waals surface area (Å²) in [5, 5.41) is 14.7. The number of hydroxylamine groups is 2. The molecule has 0 fully saturated rings. The van der Waals surface area contributed by atoms with Gasteiger partial charge >= 0.3 is 12.2 Å². The first-order chi connectivity index (χ1) is 12.9. The first-order valence-corrected chi connectivity index (χ1v) is 9.84. The zero-order valence-corrected chi connectivity index (χ0v) is 17.9. The Morgan fingerprint density at radius 2 is 1.71 bits per heavy atom. The van der Waals surface area contributed by atoms with Crippen LogP contribution in [0.4, 0.5) is 9.59 Å². The van der Waals surface area contributed by atoms with Gasteiger partial charge in [0.1, 0.15) is 17.2 Å². The number of rotatable bonds is 4.